The van der Waals surface area contributed by atoms with Gasteiger partial charge < -0.3 is 40.3 Å². The molecule has 1 aliphatic heterocycles. The second kappa shape index (κ2) is 8.96. The Bertz CT molecular complexity index is 1140. The van der Waals surface area contributed by atoms with Crippen molar-refractivity contribution < 1.29 is 57.1 Å². The summed E-state index contributed by atoms with van der Waals surface area (Å²) in [7, 11) is -16.3. The van der Waals surface area contributed by atoms with Crippen LogP contribution in [-0.2, 0) is 27.3 Å². The zero-order valence-electron chi connectivity index (χ0n) is 15.5. The van der Waals surface area contributed by atoms with Crippen LogP contribution in [0.1, 0.15) is 6.23 Å². The number of fused-ring (bicyclic) bond motifs is 1. The number of anilines is 1. The lowest BCUT2D eigenvalue weighted by molar-refractivity contribution is -0.0501. The van der Waals surface area contributed by atoms with E-state index in [1.54, 1.807) is 0 Å². The summed E-state index contributed by atoms with van der Waals surface area (Å²) in [5.74, 6) is 0.0429. The monoisotopic (exact) mass is 539 g/mol. The zero-order chi connectivity index (χ0) is 24.1. The number of aliphatic hydroxyl groups excluding tert-OH is 2. The van der Waals surface area contributed by atoms with Gasteiger partial charge in [0.15, 0.2) is 17.7 Å². The van der Waals surface area contributed by atoms with Gasteiger partial charge in [0.2, 0.25) is 4.86 Å². The highest BCUT2D eigenvalue weighted by molar-refractivity contribution is 7.77. The third-order valence-electron chi connectivity index (χ3n) is 4.17. The standard InChI is InChI=1S/C11H17ClN5O12P3/c12-11(30(20,21)22)31(23,24)29-32(25,26)27-1-4-6(18)7(19)10(28-4)17-3-16-5-8(13)14-2-15-9(5)17/h2-4,6-7,10-11,18-19H,1H2,(H,23,24)(H,25,26)(H2,13,14,15)(H2,20,21,22)/t4-,6-,7-,10-,11?/m1/s1. The number of rotatable bonds is 8. The Morgan fingerprint density at radius 2 is 1.81 bits per heavy atom. The highest BCUT2D eigenvalue weighted by Gasteiger charge is 2.50. The molecule has 0 radical (unpaired) electrons. The zero-order valence-corrected chi connectivity index (χ0v) is 18.9. The van der Waals surface area contributed by atoms with E-state index in [1.807, 2.05) is 0 Å². The van der Waals surface area contributed by atoms with Crippen LogP contribution in [0.2, 0.25) is 0 Å². The average molecular weight is 540 g/mol. The van der Waals surface area contributed by atoms with Gasteiger partial charge in [0.05, 0.1) is 12.9 Å². The number of phosphoric acid groups is 1. The molecule has 2 aromatic rings. The van der Waals surface area contributed by atoms with Crippen molar-refractivity contribution in [3.63, 3.8) is 0 Å². The Morgan fingerprint density at radius 3 is 2.44 bits per heavy atom. The van der Waals surface area contributed by atoms with E-state index in [4.69, 9.17) is 31.9 Å². The van der Waals surface area contributed by atoms with Gasteiger partial charge in [-0.25, -0.2) is 23.8 Å². The number of ether oxygens (including phenoxy) is 1. The molecule has 1 saturated heterocycles. The van der Waals surface area contributed by atoms with E-state index in [9.17, 15) is 33.7 Å². The van der Waals surface area contributed by atoms with Gasteiger partial charge >= 0.3 is 23.0 Å². The van der Waals surface area contributed by atoms with E-state index in [0.29, 0.717) is 0 Å². The molecule has 0 amide bonds. The van der Waals surface area contributed by atoms with Gasteiger partial charge in [-0.1, -0.05) is 11.6 Å². The maximum Gasteiger partial charge on any atom is 0.479 e. The highest BCUT2D eigenvalue weighted by atomic mass is 35.5. The first-order valence-corrected chi connectivity index (χ1v) is 13.5. The molecule has 0 saturated carbocycles. The van der Waals surface area contributed by atoms with Crippen molar-refractivity contribution in [3.05, 3.63) is 12.7 Å². The van der Waals surface area contributed by atoms with Gasteiger partial charge in [-0.05, 0) is 0 Å². The minimum absolute atomic E-state index is 0.0429. The Labute approximate surface area is 183 Å². The lowest BCUT2D eigenvalue weighted by Crippen LogP contribution is -2.33. The van der Waals surface area contributed by atoms with Crippen molar-refractivity contribution in [2.75, 3.05) is 12.3 Å². The number of nitrogens with two attached hydrogens (primary N) is 1. The number of aromatic nitrogens is 4. The molecule has 2 aromatic heterocycles. The number of alkyl halides is 1. The minimum atomic E-state index is -5.53. The third kappa shape index (κ3) is 5.21. The summed E-state index contributed by atoms with van der Waals surface area (Å²) in [6, 6.07) is 0. The summed E-state index contributed by atoms with van der Waals surface area (Å²) in [6.45, 7) is -0.949. The molecule has 180 valence electrons. The first-order valence-electron chi connectivity index (χ1n) is 8.29. The molecule has 3 heterocycles. The van der Waals surface area contributed by atoms with Gasteiger partial charge in [0.25, 0.3) is 0 Å². The quantitative estimate of drug-likeness (QED) is 0.157. The number of imidazole rings is 1. The van der Waals surface area contributed by atoms with Gasteiger partial charge in [-0.3, -0.25) is 18.2 Å². The molecule has 8 N–H and O–H groups in total. The molecular weight excluding hydrogens is 523 g/mol. The number of nitrogens with zero attached hydrogens (tertiary/aromatic N) is 4. The first-order chi connectivity index (χ1) is 14.6. The van der Waals surface area contributed by atoms with Crippen LogP contribution >= 0.6 is 34.6 Å². The molecule has 21 heteroatoms. The van der Waals surface area contributed by atoms with Crippen LogP contribution in [0.3, 0.4) is 0 Å². The molecule has 0 spiro atoms. The van der Waals surface area contributed by atoms with Crippen molar-refractivity contribution in [1.29, 1.82) is 0 Å². The van der Waals surface area contributed by atoms with Crippen LogP contribution < -0.4 is 5.73 Å². The van der Waals surface area contributed by atoms with Crippen molar-refractivity contribution >= 4 is 51.6 Å². The maximum atomic E-state index is 11.9. The molecule has 0 aliphatic carbocycles. The molecule has 7 atom stereocenters. The van der Waals surface area contributed by atoms with E-state index in [-0.39, 0.29) is 17.0 Å². The van der Waals surface area contributed by atoms with E-state index in [0.717, 1.165) is 6.33 Å². The molecule has 32 heavy (non-hydrogen) atoms. The highest BCUT2D eigenvalue weighted by Crippen LogP contribution is 2.71. The maximum absolute atomic E-state index is 11.9. The van der Waals surface area contributed by atoms with Crippen LogP contribution in [0, 0.1) is 0 Å². The summed E-state index contributed by atoms with van der Waals surface area (Å²) in [5.41, 5.74) is 6.01. The summed E-state index contributed by atoms with van der Waals surface area (Å²) in [5, 5.41) is 20.5. The van der Waals surface area contributed by atoms with Gasteiger partial charge in [-0.15, -0.1) is 0 Å². The van der Waals surface area contributed by atoms with Crippen LogP contribution in [0.5, 0.6) is 0 Å². The molecule has 3 rings (SSSR count). The fourth-order valence-electron chi connectivity index (χ4n) is 2.72. The summed E-state index contributed by atoms with van der Waals surface area (Å²) >= 11 is 5.14. The van der Waals surface area contributed by atoms with Crippen molar-refractivity contribution in [3.8, 4) is 0 Å². The van der Waals surface area contributed by atoms with Gasteiger partial charge in [0, 0.05) is 0 Å². The lowest BCUT2D eigenvalue weighted by atomic mass is 10.1. The van der Waals surface area contributed by atoms with Crippen molar-refractivity contribution in [2.24, 2.45) is 0 Å². The summed E-state index contributed by atoms with van der Waals surface area (Å²) in [4.78, 5) is 45.6. The predicted molar refractivity (Wildman–Crippen MR) is 104 cm³/mol. The molecule has 17 nitrogen and oxygen atoms in total. The van der Waals surface area contributed by atoms with Gasteiger partial charge in [-0.2, -0.15) is 0 Å². The van der Waals surface area contributed by atoms with Crippen molar-refractivity contribution in [2.45, 2.75) is 29.4 Å². The number of phosphoric ester groups is 1. The van der Waals surface area contributed by atoms with Crippen LogP contribution in [0.25, 0.3) is 11.2 Å². The SMILES string of the molecule is Nc1ncnc2c1ncn2[C@@H]1O[C@H](COP(=O)(O)OP(=O)(O)C(Cl)P(=O)(O)O)[C@@H](O)[C@H]1O. The Kier molecular flexibility index (Phi) is 7.17. The largest absolute Gasteiger partial charge is 0.479 e. The number of nitrogen functional groups attached to an aromatic ring is 1. The topological polar surface area (TPSA) is 270 Å². The number of hydrogen-bond donors (Lipinski definition) is 7. The van der Waals surface area contributed by atoms with E-state index in [2.05, 4.69) is 23.8 Å². The first kappa shape index (κ1) is 25.6. The van der Waals surface area contributed by atoms with Crippen LogP contribution in [0.15, 0.2) is 12.7 Å². The van der Waals surface area contributed by atoms with E-state index < -0.39 is 59.0 Å². The van der Waals surface area contributed by atoms with E-state index in [1.165, 1.54) is 10.9 Å². The molecule has 1 fully saturated rings. The van der Waals surface area contributed by atoms with E-state index >= 15 is 0 Å². The second-order valence-corrected chi connectivity index (χ2v) is 13.1. The lowest BCUT2D eigenvalue weighted by Gasteiger charge is -2.21. The Balaban J connectivity index is 1.70. The van der Waals surface area contributed by atoms with Crippen LogP contribution in [-0.4, -0.2) is 79.1 Å². The normalized spacial score (nSPS) is 29.0. The summed E-state index contributed by atoms with van der Waals surface area (Å²) in [6.07, 6.45) is -3.69. The molecular formula is C11H17ClN5O12P3. The third-order valence-corrected chi connectivity index (χ3v) is 10.8. The second-order valence-electron chi connectivity index (χ2n) is 6.44. The van der Waals surface area contributed by atoms with Gasteiger partial charge in [0.1, 0.15) is 30.2 Å². The Morgan fingerprint density at radius 1 is 1.16 bits per heavy atom. The van der Waals surface area contributed by atoms with Crippen molar-refractivity contribution in [1.82, 2.24) is 19.5 Å². The average Bonchev–Trinajstić information content (AvgIpc) is 3.21. The number of halogens is 1. The minimum Gasteiger partial charge on any atom is -0.387 e. The smallest absolute Gasteiger partial charge is 0.387 e. The fraction of sp³-hybridized carbons (Fsp3) is 0.545. The van der Waals surface area contributed by atoms with Crippen LogP contribution in [0.4, 0.5) is 5.82 Å². The Hall–Kier alpha value is -1.03. The predicted octanol–water partition coefficient (Wildman–Crippen LogP) is -0.953. The molecule has 3 unspecified atom stereocenters. The fourth-order valence-corrected chi connectivity index (χ4v) is 6.96. The number of hydrogen-bond acceptors (Lipinski definition) is 12. The molecule has 0 bridgehead atoms. The number of aliphatic hydroxyl groups is 2. The summed E-state index contributed by atoms with van der Waals surface area (Å²) < 4.78 is 49.8. The molecule has 1 aliphatic rings. The molecule has 0 aromatic carbocycles.